The summed E-state index contributed by atoms with van der Waals surface area (Å²) in [4.78, 5) is 15.7. The average Bonchev–Trinajstić information content (AvgIpc) is 3.29. The fourth-order valence-corrected chi connectivity index (χ4v) is 3.12. The van der Waals surface area contributed by atoms with Crippen LogP contribution in [0.2, 0.25) is 0 Å². The van der Waals surface area contributed by atoms with E-state index < -0.39 is 11.8 Å². The number of fused-ring (bicyclic) bond motifs is 1. The number of carbonyl (C=O) groups excluding carboxylic acids is 1. The van der Waals surface area contributed by atoms with Crippen LogP contribution in [0.3, 0.4) is 0 Å². The molecule has 2 N–H and O–H groups in total. The number of hydrogen-bond donors (Lipinski definition) is 1. The monoisotopic (exact) mass is 373 g/mol. The lowest BCUT2D eigenvalue weighted by molar-refractivity contribution is -0.0551. The minimum atomic E-state index is -1.20. The molecule has 0 radical (unpaired) electrons. The highest BCUT2D eigenvalue weighted by Crippen LogP contribution is 2.40. The smallest absolute Gasteiger partial charge is 0.434 e. The quantitative estimate of drug-likeness (QED) is 0.580. The minimum absolute atomic E-state index is 0.174. The van der Waals surface area contributed by atoms with Gasteiger partial charge in [-0.2, -0.15) is 10.4 Å². The third kappa shape index (κ3) is 4.11. The molecule has 144 valence electrons. The highest BCUT2D eigenvalue weighted by molar-refractivity contribution is 5.65. The largest absolute Gasteiger partial charge is 0.508 e. The van der Waals surface area contributed by atoms with Crippen molar-refractivity contribution in [1.29, 1.82) is 5.26 Å². The Labute approximate surface area is 157 Å². The minimum Gasteiger partial charge on any atom is -0.434 e. The van der Waals surface area contributed by atoms with E-state index in [0.717, 1.165) is 25.0 Å². The Hall–Kier alpha value is -2.86. The van der Waals surface area contributed by atoms with E-state index >= 15 is 0 Å². The van der Waals surface area contributed by atoms with Crippen molar-refractivity contribution < 1.29 is 19.0 Å². The standard InChI is InChI=1S/C18H23N5O4/c1-2-3-4-9-25-17(24)26-11-18(10-19)8-7-15(27-18)13-5-6-14-16(20)21-12-22-23(13)14/h5-6,12,15H,2-4,7-9,11H2,1H3,(H2,20,21,22). The molecule has 1 aliphatic heterocycles. The van der Waals surface area contributed by atoms with Crippen molar-refractivity contribution in [2.24, 2.45) is 0 Å². The molecule has 2 unspecified atom stereocenters. The van der Waals surface area contributed by atoms with Gasteiger partial charge in [-0.15, -0.1) is 0 Å². The lowest BCUT2D eigenvalue weighted by atomic mass is 10.0. The second kappa shape index (κ2) is 8.22. The molecule has 3 rings (SSSR count). The normalized spacial score (nSPS) is 21.9. The molecule has 0 aliphatic carbocycles. The second-order valence-corrected chi connectivity index (χ2v) is 6.55. The zero-order valence-electron chi connectivity index (χ0n) is 15.3. The van der Waals surface area contributed by atoms with Crippen molar-refractivity contribution in [3.05, 3.63) is 24.2 Å². The Kier molecular flexibility index (Phi) is 5.76. The van der Waals surface area contributed by atoms with Crippen molar-refractivity contribution in [2.75, 3.05) is 18.9 Å². The maximum Gasteiger partial charge on any atom is 0.508 e. The fourth-order valence-electron chi connectivity index (χ4n) is 3.12. The summed E-state index contributed by atoms with van der Waals surface area (Å²) in [6.45, 7) is 2.21. The van der Waals surface area contributed by atoms with Gasteiger partial charge in [0.2, 0.25) is 0 Å². The van der Waals surface area contributed by atoms with E-state index in [4.69, 9.17) is 19.9 Å². The first-order chi connectivity index (χ1) is 13.1. The van der Waals surface area contributed by atoms with Crippen molar-refractivity contribution in [1.82, 2.24) is 14.6 Å². The van der Waals surface area contributed by atoms with Crippen molar-refractivity contribution in [2.45, 2.75) is 50.7 Å². The lowest BCUT2D eigenvalue weighted by Gasteiger charge is -2.21. The number of nitrogens with zero attached hydrogens (tertiary/aromatic N) is 4. The molecule has 0 spiro atoms. The zero-order valence-corrected chi connectivity index (χ0v) is 15.3. The highest BCUT2D eigenvalue weighted by Gasteiger charge is 2.43. The van der Waals surface area contributed by atoms with Gasteiger partial charge in [0, 0.05) is 0 Å². The van der Waals surface area contributed by atoms with E-state index in [-0.39, 0.29) is 12.7 Å². The third-order valence-electron chi connectivity index (χ3n) is 4.61. The molecule has 9 nitrogen and oxygen atoms in total. The predicted octanol–water partition coefficient (Wildman–Crippen LogP) is 2.77. The summed E-state index contributed by atoms with van der Waals surface area (Å²) in [6, 6.07) is 5.80. The molecular formula is C18H23N5O4. The molecular weight excluding hydrogens is 350 g/mol. The number of nitriles is 1. The van der Waals surface area contributed by atoms with Crippen LogP contribution in [0.25, 0.3) is 5.52 Å². The fraction of sp³-hybridized carbons (Fsp3) is 0.556. The Morgan fingerprint density at radius 1 is 1.48 bits per heavy atom. The van der Waals surface area contributed by atoms with Crippen LogP contribution in [0.4, 0.5) is 10.6 Å². The number of hydrogen-bond acceptors (Lipinski definition) is 8. The van der Waals surface area contributed by atoms with E-state index in [9.17, 15) is 10.1 Å². The van der Waals surface area contributed by atoms with E-state index in [2.05, 4.69) is 23.1 Å². The molecule has 3 heterocycles. The molecule has 2 atom stereocenters. The predicted molar refractivity (Wildman–Crippen MR) is 95.6 cm³/mol. The van der Waals surface area contributed by atoms with Gasteiger partial charge in [-0.05, 0) is 31.4 Å². The molecule has 0 saturated carbocycles. The van der Waals surface area contributed by atoms with Gasteiger partial charge in [-0.3, -0.25) is 0 Å². The number of rotatable bonds is 7. The van der Waals surface area contributed by atoms with Gasteiger partial charge >= 0.3 is 6.16 Å². The summed E-state index contributed by atoms with van der Waals surface area (Å²) in [7, 11) is 0. The Bertz CT molecular complexity index is 846. The number of nitrogen functional groups attached to an aromatic ring is 1. The van der Waals surface area contributed by atoms with Crippen LogP contribution in [0, 0.1) is 11.3 Å². The van der Waals surface area contributed by atoms with Crippen LogP contribution in [0.1, 0.15) is 50.8 Å². The first kappa shape index (κ1) is 18.9. The molecule has 1 aliphatic rings. The van der Waals surface area contributed by atoms with Crippen LogP contribution in [-0.4, -0.2) is 39.6 Å². The first-order valence-corrected chi connectivity index (χ1v) is 9.05. The molecule has 0 aromatic carbocycles. The summed E-state index contributed by atoms with van der Waals surface area (Å²) >= 11 is 0. The number of anilines is 1. The summed E-state index contributed by atoms with van der Waals surface area (Å²) in [5.41, 5.74) is 6.11. The Morgan fingerprint density at radius 3 is 3.11 bits per heavy atom. The van der Waals surface area contributed by atoms with E-state index in [1.54, 1.807) is 4.52 Å². The summed E-state index contributed by atoms with van der Waals surface area (Å²) in [6.07, 6.45) is 4.09. The zero-order chi connectivity index (χ0) is 19.3. The van der Waals surface area contributed by atoms with Crippen molar-refractivity contribution >= 4 is 17.5 Å². The Balaban J connectivity index is 1.61. The van der Waals surface area contributed by atoms with Crippen LogP contribution in [-0.2, 0) is 14.2 Å². The van der Waals surface area contributed by atoms with Gasteiger partial charge < -0.3 is 19.9 Å². The Morgan fingerprint density at radius 2 is 2.33 bits per heavy atom. The van der Waals surface area contributed by atoms with Crippen LogP contribution < -0.4 is 5.73 Å². The van der Waals surface area contributed by atoms with Gasteiger partial charge in [-0.1, -0.05) is 19.8 Å². The summed E-state index contributed by atoms with van der Waals surface area (Å²) < 4.78 is 17.7. The van der Waals surface area contributed by atoms with Crippen molar-refractivity contribution in [3.8, 4) is 6.07 Å². The van der Waals surface area contributed by atoms with Gasteiger partial charge in [0.25, 0.3) is 0 Å². The number of ether oxygens (including phenoxy) is 3. The van der Waals surface area contributed by atoms with Crippen LogP contribution in [0.15, 0.2) is 18.5 Å². The summed E-state index contributed by atoms with van der Waals surface area (Å²) in [5, 5.41) is 13.8. The van der Waals surface area contributed by atoms with Crippen molar-refractivity contribution in [3.63, 3.8) is 0 Å². The maximum atomic E-state index is 11.7. The molecule has 27 heavy (non-hydrogen) atoms. The van der Waals surface area contributed by atoms with Gasteiger partial charge in [-0.25, -0.2) is 14.3 Å². The second-order valence-electron chi connectivity index (χ2n) is 6.55. The van der Waals surface area contributed by atoms with E-state index in [1.807, 2.05) is 12.1 Å². The number of nitrogens with two attached hydrogens (primary N) is 1. The number of aromatic nitrogens is 3. The van der Waals surface area contributed by atoms with E-state index in [0.29, 0.717) is 30.8 Å². The number of unbranched alkanes of at least 4 members (excludes halogenated alkanes) is 2. The highest BCUT2D eigenvalue weighted by atomic mass is 16.7. The topological polar surface area (TPSA) is 125 Å². The summed E-state index contributed by atoms with van der Waals surface area (Å²) in [5.74, 6) is 0.370. The number of carbonyl (C=O) groups is 1. The molecule has 1 saturated heterocycles. The first-order valence-electron chi connectivity index (χ1n) is 9.05. The molecule has 1 fully saturated rings. The van der Waals surface area contributed by atoms with E-state index in [1.165, 1.54) is 6.33 Å². The van der Waals surface area contributed by atoms with Gasteiger partial charge in [0.1, 0.15) is 30.6 Å². The SMILES string of the molecule is CCCCCOC(=O)OCC1(C#N)CCC(c2ccc3c(N)ncnn23)O1. The van der Waals surface area contributed by atoms with Crippen LogP contribution in [0.5, 0.6) is 0 Å². The van der Waals surface area contributed by atoms with Crippen LogP contribution >= 0.6 is 0 Å². The third-order valence-corrected chi connectivity index (χ3v) is 4.61. The molecule has 2 aromatic heterocycles. The molecule has 2 aromatic rings. The van der Waals surface area contributed by atoms with Gasteiger partial charge in [0.05, 0.1) is 12.3 Å². The lowest BCUT2D eigenvalue weighted by Crippen LogP contribution is -2.33. The molecule has 9 heteroatoms. The molecule has 0 amide bonds. The maximum absolute atomic E-state index is 11.7. The average molecular weight is 373 g/mol. The van der Waals surface area contributed by atoms with Gasteiger partial charge in [0.15, 0.2) is 11.4 Å². The molecule has 0 bridgehead atoms.